The van der Waals surface area contributed by atoms with Crippen LogP contribution in [0.4, 0.5) is 5.69 Å². The molecule has 0 spiro atoms. The number of thiophene rings is 1. The Balaban J connectivity index is 2.05. The standard InChI is InChI=1S/C18H16N4O2S/c1-11-4-6-12(7-5-11)22-10-19-16-15-13(20(2)3)8-21(24)9-14(15)25-17(16)18(22)23/h4-10H,1-3H3. The number of aryl methyl sites for hydroxylation is 1. The first-order valence-corrected chi connectivity index (χ1v) is 8.58. The predicted octanol–water partition coefficient (Wildman–Crippen LogP) is 2.61. The molecule has 25 heavy (non-hydrogen) atoms. The van der Waals surface area contributed by atoms with Gasteiger partial charge in [-0.1, -0.05) is 17.7 Å². The number of pyridine rings is 1. The molecule has 3 heterocycles. The summed E-state index contributed by atoms with van der Waals surface area (Å²) in [6.45, 7) is 2.00. The van der Waals surface area contributed by atoms with Gasteiger partial charge in [0.1, 0.15) is 21.4 Å². The van der Waals surface area contributed by atoms with Crippen molar-refractivity contribution >= 4 is 37.3 Å². The number of rotatable bonds is 2. The van der Waals surface area contributed by atoms with Crippen molar-refractivity contribution in [2.24, 2.45) is 0 Å². The van der Waals surface area contributed by atoms with E-state index >= 15 is 0 Å². The van der Waals surface area contributed by atoms with Gasteiger partial charge in [-0.15, -0.1) is 11.3 Å². The summed E-state index contributed by atoms with van der Waals surface area (Å²) in [4.78, 5) is 19.4. The Bertz CT molecular complexity index is 1160. The van der Waals surface area contributed by atoms with Crippen LogP contribution in [-0.2, 0) is 0 Å². The highest BCUT2D eigenvalue weighted by molar-refractivity contribution is 7.25. The third kappa shape index (κ3) is 2.44. The molecule has 3 aromatic heterocycles. The highest BCUT2D eigenvalue weighted by Crippen LogP contribution is 2.35. The lowest BCUT2D eigenvalue weighted by molar-refractivity contribution is -0.603. The van der Waals surface area contributed by atoms with E-state index in [9.17, 15) is 10.0 Å². The van der Waals surface area contributed by atoms with Gasteiger partial charge in [-0.25, -0.2) is 4.98 Å². The number of anilines is 1. The van der Waals surface area contributed by atoms with Gasteiger partial charge in [-0.2, -0.15) is 4.73 Å². The number of aromatic nitrogens is 3. The van der Waals surface area contributed by atoms with E-state index in [1.165, 1.54) is 28.3 Å². The van der Waals surface area contributed by atoms with Gasteiger partial charge >= 0.3 is 0 Å². The maximum atomic E-state index is 13.0. The molecule has 0 unspecified atom stereocenters. The van der Waals surface area contributed by atoms with E-state index in [1.807, 2.05) is 50.2 Å². The lowest BCUT2D eigenvalue weighted by Gasteiger charge is -2.12. The topological polar surface area (TPSA) is 65.1 Å². The van der Waals surface area contributed by atoms with E-state index in [-0.39, 0.29) is 5.56 Å². The highest BCUT2D eigenvalue weighted by atomic mass is 32.1. The first-order valence-electron chi connectivity index (χ1n) is 7.77. The van der Waals surface area contributed by atoms with E-state index in [2.05, 4.69) is 4.98 Å². The van der Waals surface area contributed by atoms with Gasteiger partial charge in [0, 0.05) is 14.1 Å². The van der Waals surface area contributed by atoms with E-state index < -0.39 is 0 Å². The van der Waals surface area contributed by atoms with Crippen LogP contribution in [0.5, 0.6) is 0 Å². The molecule has 4 aromatic rings. The Morgan fingerprint density at radius 2 is 1.92 bits per heavy atom. The summed E-state index contributed by atoms with van der Waals surface area (Å²) in [6.07, 6.45) is 4.55. The van der Waals surface area contributed by atoms with Crippen molar-refractivity contribution in [2.45, 2.75) is 6.92 Å². The number of hydrogen-bond acceptors (Lipinski definition) is 5. The molecule has 0 saturated carbocycles. The molecule has 7 heteroatoms. The minimum Gasteiger partial charge on any atom is -0.619 e. The zero-order valence-corrected chi connectivity index (χ0v) is 14.9. The molecule has 0 saturated heterocycles. The minimum absolute atomic E-state index is 0.128. The number of hydrogen-bond donors (Lipinski definition) is 0. The van der Waals surface area contributed by atoms with Crippen LogP contribution in [-0.4, -0.2) is 23.6 Å². The summed E-state index contributed by atoms with van der Waals surface area (Å²) in [5.41, 5.74) is 3.16. The third-order valence-corrected chi connectivity index (χ3v) is 5.27. The zero-order chi connectivity index (χ0) is 17.7. The summed E-state index contributed by atoms with van der Waals surface area (Å²) in [5.74, 6) is 0. The number of nitrogens with zero attached hydrogens (tertiary/aromatic N) is 4. The fourth-order valence-electron chi connectivity index (χ4n) is 2.89. The Morgan fingerprint density at radius 1 is 1.20 bits per heavy atom. The van der Waals surface area contributed by atoms with Crippen LogP contribution in [0.1, 0.15) is 5.56 Å². The Morgan fingerprint density at radius 3 is 2.60 bits per heavy atom. The van der Waals surface area contributed by atoms with Crippen molar-refractivity contribution in [1.29, 1.82) is 0 Å². The molecule has 4 rings (SSSR count). The van der Waals surface area contributed by atoms with Crippen LogP contribution >= 0.6 is 11.3 Å². The van der Waals surface area contributed by atoms with E-state index in [0.29, 0.717) is 10.2 Å². The van der Waals surface area contributed by atoms with Crippen molar-refractivity contribution in [3.05, 3.63) is 64.1 Å². The number of benzene rings is 1. The zero-order valence-electron chi connectivity index (χ0n) is 14.1. The summed E-state index contributed by atoms with van der Waals surface area (Å²) >= 11 is 1.30. The van der Waals surface area contributed by atoms with Gasteiger partial charge < -0.3 is 10.1 Å². The molecule has 0 amide bonds. The average Bonchev–Trinajstić information content (AvgIpc) is 2.94. The highest BCUT2D eigenvalue weighted by Gasteiger charge is 2.19. The van der Waals surface area contributed by atoms with Crippen molar-refractivity contribution in [1.82, 2.24) is 9.55 Å². The van der Waals surface area contributed by atoms with Crippen molar-refractivity contribution < 1.29 is 4.73 Å². The second-order valence-electron chi connectivity index (χ2n) is 6.17. The second kappa shape index (κ2) is 5.56. The second-order valence-corrected chi connectivity index (χ2v) is 7.22. The summed E-state index contributed by atoms with van der Waals surface area (Å²) in [6, 6.07) is 7.71. The van der Waals surface area contributed by atoms with Gasteiger partial charge in [-0.05, 0) is 19.1 Å². The van der Waals surface area contributed by atoms with Crippen LogP contribution in [0, 0.1) is 12.1 Å². The van der Waals surface area contributed by atoms with E-state index in [0.717, 1.165) is 31.8 Å². The molecule has 0 aliphatic carbocycles. The summed E-state index contributed by atoms with van der Waals surface area (Å²) in [7, 11) is 3.73. The molecule has 0 fully saturated rings. The Labute approximate surface area is 147 Å². The van der Waals surface area contributed by atoms with Crippen LogP contribution in [0.25, 0.3) is 26.0 Å². The molecule has 0 bridgehead atoms. The molecule has 0 radical (unpaired) electrons. The molecular weight excluding hydrogens is 336 g/mol. The molecule has 0 atom stereocenters. The fourth-order valence-corrected chi connectivity index (χ4v) is 4.01. The Kier molecular flexibility index (Phi) is 3.47. The maximum absolute atomic E-state index is 13.0. The van der Waals surface area contributed by atoms with Crippen molar-refractivity contribution in [3.63, 3.8) is 0 Å². The quantitative estimate of drug-likeness (QED) is 0.411. The molecule has 0 aliphatic heterocycles. The van der Waals surface area contributed by atoms with Crippen molar-refractivity contribution in [3.8, 4) is 5.69 Å². The molecule has 6 nitrogen and oxygen atoms in total. The summed E-state index contributed by atoms with van der Waals surface area (Å²) < 4.78 is 3.61. The van der Waals surface area contributed by atoms with Gasteiger partial charge in [0.25, 0.3) is 5.56 Å². The SMILES string of the molecule is Cc1ccc(-n2cnc3c(sc4c[n+]([O-])cc(N(C)C)c43)c2=O)cc1. The molecule has 0 aliphatic rings. The lowest BCUT2D eigenvalue weighted by Crippen LogP contribution is -2.26. The molecule has 126 valence electrons. The van der Waals surface area contributed by atoms with Gasteiger partial charge in [0.05, 0.1) is 16.6 Å². The lowest BCUT2D eigenvalue weighted by atomic mass is 10.2. The van der Waals surface area contributed by atoms with Gasteiger partial charge in [0.2, 0.25) is 6.20 Å². The summed E-state index contributed by atoms with van der Waals surface area (Å²) in [5, 5.41) is 12.7. The maximum Gasteiger partial charge on any atom is 0.275 e. The minimum atomic E-state index is -0.128. The van der Waals surface area contributed by atoms with Crippen LogP contribution < -0.4 is 15.2 Å². The van der Waals surface area contributed by atoms with Crippen LogP contribution in [0.3, 0.4) is 0 Å². The van der Waals surface area contributed by atoms with Crippen LogP contribution in [0.15, 0.2) is 47.8 Å². The van der Waals surface area contributed by atoms with Crippen LogP contribution in [0.2, 0.25) is 0 Å². The molecule has 0 N–H and O–H groups in total. The van der Waals surface area contributed by atoms with Crippen molar-refractivity contribution in [2.75, 3.05) is 19.0 Å². The predicted molar refractivity (Wildman–Crippen MR) is 101 cm³/mol. The largest absolute Gasteiger partial charge is 0.619 e. The van der Waals surface area contributed by atoms with Gasteiger partial charge in [0.15, 0.2) is 6.20 Å². The third-order valence-electron chi connectivity index (χ3n) is 4.17. The van der Waals surface area contributed by atoms with E-state index in [4.69, 9.17) is 0 Å². The van der Waals surface area contributed by atoms with E-state index in [1.54, 1.807) is 6.33 Å². The molecule has 1 aromatic carbocycles. The van der Waals surface area contributed by atoms with Gasteiger partial charge in [-0.3, -0.25) is 9.36 Å². The monoisotopic (exact) mass is 352 g/mol. The molecular formula is C18H16N4O2S. The Hall–Kier alpha value is -2.93. The smallest absolute Gasteiger partial charge is 0.275 e. The first kappa shape index (κ1) is 15.6. The average molecular weight is 352 g/mol. The first-order chi connectivity index (χ1) is 12.0. The fraction of sp³-hybridized carbons (Fsp3) is 0.167. The normalized spacial score (nSPS) is 11.3. The number of fused-ring (bicyclic) bond motifs is 3.